The van der Waals surface area contributed by atoms with Gasteiger partial charge in [0.15, 0.2) is 0 Å². The van der Waals surface area contributed by atoms with Crippen molar-refractivity contribution in [3.63, 3.8) is 0 Å². The molecule has 0 bridgehead atoms. The maximum absolute atomic E-state index is 12.4. The summed E-state index contributed by atoms with van der Waals surface area (Å²) in [5.41, 5.74) is 4.54. The van der Waals surface area contributed by atoms with Crippen LogP contribution in [0.3, 0.4) is 0 Å². The highest BCUT2D eigenvalue weighted by Gasteiger charge is 2.31. The van der Waals surface area contributed by atoms with E-state index in [1.54, 1.807) is 42.7 Å². The number of nitrogens with one attached hydrogen (secondary N) is 1. The second kappa shape index (κ2) is 4.94. The SMILES string of the molecule is O=C1Cc2ccc(Cl)cc2C(=O)N1Nc1ccncc1. The van der Waals surface area contributed by atoms with Gasteiger partial charge in [-0.05, 0) is 29.8 Å². The van der Waals surface area contributed by atoms with Gasteiger partial charge in [0.05, 0.1) is 12.1 Å². The summed E-state index contributed by atoms with van der Waals surface area (Å²) in [6.45, 7) is 0. The Hall–Kier alpha value is -2.40. The largest absolute Gasteiger partial charge is 0.288 e. The van der Waals surface area contributed by atoms with Crippen molar-refractivity contribution in [1.29, 1.82) is 0 Å². The molecule has 5 nitrogen and oxygen atoms in total. The first-order chi connectivity index (χ1) is 9.65. The number of hydrazine groups is 1. The number of imide groups is 1. The summed E-state index contributed by atoms with van der Waals surface area (Å²) >= 11 is 5.90. The third-order valence-electron chi connectivity index (χ3n) is 3.02. The van der Waals surface area contributed by atoms with Crippen molar-refractivity contribution in [1.82, 2.24) is 9.99 Å². The number of halogens is 1. The molecule has 6 heteroatoms. The van der Waals surface area contributed by atoms with Gasteiger partial charge in [-0.25, -0.2) is 0 Å². The van der Waals surface area contributed by atoms with Gasteiger partial charge in [0.2, 0.25) is 0 Å². The molecule has 0 fully saturated rings. The van der Waals surface area contributed by atoms with Gasteiger partial charge < -0.3 is 0 Å². The zero-order valence-corrected chi connectivity index (χ0v) is 11.1. The minimum Gasteiger partial charge on any atom is -0.288 e. The molecule has 1 aliphatic heterocycles. The van der Waals surface area contributed by atoms with E-state index in [0.29, 0.717) is 21.8 Å². The minimum absolute atomic E-state index is 0.163. The van der Waals surface area contributed by atoms with Gasteiger partial charge in [-0.15, -0.1) is 0 Å². The summed E-state index contributed by atoms with van der Waals surface area (Å²) in [4.78, 5) is 28.3. The number of carbonyl (C=O) groups is 2. The van der Waals surface area contributed by atoms with Gasteiger partial charge in [0.25, 0.3) is 11.8 Å². The summed E-state index contributed by atoms with van der Waals surface area (Å²) < 4.78 is 0. The number of amides is 2. The lowest BCUT2D eigenvalue weighted by atomic mass is 9.99. The predicted octanol–water partition coefficient (Wildman–Crippen LogP) is 2.29. The van der Waals surface area contributed by atoms with E-state index in [-0.39, 0.29) is 12.3 Å². The molecule has 2 aromatic rings. The van der Waals surface area contributed by atoms with E-state index in [0.717, 1.165) is 5.01 Å². The van der Waals surface area contributed by atoms with Gasteiger partial charge >= 0.3 is 0 Å². The predicted molar refractivity (Wildman–Crippen MR) is 74.2 cm³/mol. The Balaban J connectivity index is 1.94. The first-order valence-electron chi connectivity index (χ1n) is 5.97. The number of pyridine rings is 1. The van der Waals surface area contributed by atoms with E-state index in [1.165, 1.54) is 0 Å². The standard InChI is InChI=1S/C14H10ClN3O2/c15-10-2-1-9-7-13(19)18(14(20)12(9)8-10)17-11-3-5-16-6-4-11/h1-6,8H,7H2,(H,16,17). The highest BCUT2D eigenvalue weighted by molar-refractivity contribution is 6.31. The number of fused-ring (bicyclic) bond motifs is 1. The highest BCUT2D eigenvalue weighted by atomic mass is 35.5. The van der Waals surface area contributed by atoms with Crippen LogP contribution in [0.5, 0.6) is 0 Å². The number of aromatic nitrogens is 1. The molecule has 2 heterocycles. The number of rotatable bonds is 2. The van der Waals surface area contributed by atoms with Crippen molar-refractivity contribution in [2.24, 2.45) is 0 Å². The van der Waals surface area contributed by atoms with Gasteiger partial charge in [0, 0.05) is 23.0 Å². The molecule has 0 saturated heterocycles. The lowest BCUT2D eigenvalue weighted by Crippen LogP contribution is -2.45. The average Bonchev–Trinajstić information content (AvgIpc) is 2.46. The molecule has 1 aromatic carbocycles. The van der Waals surface area contributed by atoms with Crippen LogP contribution >= 0.6 is 11.6 Å². The van der Waals surface area contributed by atoms with Crippen LogP contribution in [0.15, 0.2) is 42.7 Å². The first kappa shape index (κ1) is 12.6. The molecule has 0 spiro atoms. The molecular weight excluding hydrogens is 278 g/mol. The molecule has 1 N–H and O–H groups in total. The zero-order chi connectivity index (χ0) is 14.1. The molecule has 0 unspecified atom stereocenters. The van der Waals surface area contributed by atoms with Gasteiger partial charge in [-0.2, -0.15) is 5.01 Å². The summed E-state index contributed by atoms with van der Waals surface area (Å²) in [7, 11) is 0. The van der Waals surface area contributed by atoms with Gasteiger partial charge in [-0.1, -0.05) is 17.7 Å². The van der Waals surface area contributed by atoms with Crippen LogP contribution in [-0.4, -0.2) is 21.8 Å². The monoisotopic (exact) mass is 287 g/mol. The fourth-order valence-electron chi connectivity index (χ4n) is 2.05. The first-order valence-corrected chi connectivity index (χ1v) is 6.35. The van der Waals surface area contributed by atoms with Crippen LogP contribution in [-0.2, 0) is 11.2 Å². The number of hydrogen-bond donors (Lipinski definition) is 1. The highest BCUT2D eigenvalue weighted by Crippen LogP contribution is 2.23. The molecule has 0 saturated carbocycles. The van der Waals surface area contributed by atoms with Crippen LogP contribution in [0.25, 0.3) is 0 Å². The van der Waals surface area contributed by atoms with Crippen LogP contribution in [0, 0.1) is 0 Å². The molecule has 0 aliphatic carbocycles. The summed E-state index contributed by atoms with van der Waals surface area (Å²) in [5, 5.41) is 1.48. The van der Waals surface area contributed by atoms with E-state index in [2.05, 4.69) is 10.4 Å². The van der Waals surface area contributed by atoms with Crippen molar-refractivity contribution < 1.29 is 9.59 Å². The quantitative estimate of drug-likeness (QED) is 0.861. The third kappa shape index (κ3) is 2.23. The van der Waals surface area contributed by atoms with Crippen molar-refractivity contribution in [2.45, 2.75) is 6.42 Å². The minimum atomic E-state index is -0.407. The van der Waals surface area contributed by atoms with Crippen molar-refractivity contribution in [2.75, 3.05) is 5.43 Å². The van der Waals surface area contributed by atoms with Crippen LogP contribution in [0.1, 0.15) is 15.9 Å². The Morgan fingerprint density at radius 3 is 2.65 bits per heavy atom. The van der Waals surface area contributed by atoms with Crippen LogP contribution in [0.4, 0.5) is 5.69 Å². The Bertz CT molecular complexity index is 688. The Labute approximate surface area is 120 Å². The van der Waals surface area contributed by atoms with Crippen molar-refractivity contribution in [3.8, 4) is 0 Å². The molecule has 100 valence electrons. The zero-order valence-electron chi connectivity index (χ0n) is 10.3. The van der Waals surface area contributed by atoms with E-state index in [4.69, 9.17) is 11.6 Å². The number of anilines is 1. The summed E-state index contributed by atoms with van der Waals surface area (Å²) in [6, 6.07) is 8.30. The number of nitrogens with zero attached hydrogens (tertiary/aromatic N) is 2. The second-order valence-electron chi connectivity index (χ2n) is 4.36. The van der Waals surface area contributed by atoms with Crippen molar-refractivity contribution >= 4 is 29.1 Å². The molecule has 0 atom stereocenters. The third-order valence-corrected chi connectivity index (χ3v) is 3.25. The molecule has 0 radical (unpaired) electrons. The topological polar surface area (TPSA) is 62.3 Å². The Morgan fingerprint density at radius 1 is 1.15 bits per heavy atom. The number of hydrogen-bond acceptors (Lipinski definition) is 4. The second-order valence-corrected chi connectivity index (χ2v) is 4.80. The summed E-state index contributed by atoms with van der Waals surface area (Å²) in [6.07, 6.45) is 3.31. The van der Waals surface area contributed by atoms with E-state index in [1.807, 2.05) is 0 Å². The number of benzene rings is 1. The van der Waals surface area contributed by atoms with Crippen LogP contribution in [0.2, 0.25) is 5.02 Å². The maximum atomic E-state index is 12.4. The van der Waals surface area contributed by atoms with E-state index in [9.17, 15) is 9.59 Å². The normalized spacial score (nSPS) is 14.2. The molecule has 1 aliphatic rings. The fourth-order valence-corrected chi connectivity index (χ4v) is 2.22. The molecular formula is C14H10ClN3O2. The Kier molecular flexibility index (Phi) is 3.12. The van der Waals surface area contributed by atoms with E-state index >= 15 is 0 Å². The van der Waals surface area contributed by atoms with Gasteiger partial charge in [0.1, 0.15) is 0 Å². The lowest BCUT2D eigenvalue weighted by molar-refractivity contribution is -0.127. The molecule has 20 heavy (non-hydrogen) atoms. The van der Waals surface area contributed by atoms with Crippen molar-refractivity contribution in [3.05, 3.63) is 58.9 Å². The maximum Gasteiger partial charge on any atom is 0.279 e. The van der Waals surface area contributed by atoms with E-state index < -0.39 is 5.91 Å². The fraction of sp³-hybridized carbons (Fsp3) is 0.0714. The van der Waals surface area contributed by atoms with Crippen LogP contribution < -0.4 is 5.43 Å². The molecule has 3 rings (SSSR count). The summed E-state index contributed by atoms with van der Waals surface area (Å²) in [5.74, 6) is -0.711. The smallest absolute Gasteiger partial charge is 0.279 e. The Morgan fingerprint density at radius 2 is 1.90 bits per heavy atom. The molecule has 2 amide bonds. The number of carbonyl (C=O) groups excluding carboxylic acids is 2. The lowest BCUT2D eigenvalue weighted by Gasteiger charge is -2.27. The average molecular weight is 288 g/mol. The van der Waals surface area contributed by atoms with Gasteiger partial charge in [-0.3, -0.25) is 20.0 Å². The molecule has 1 aromatic heterocycles.